The van der Waals surface area contributed by atoms with Gasteiger partial charge in [-0.25, -0.2) is 9.78 Å². The number of aromatic nitrogens is 1. The lowest BCUT2D eigenvalue weighted by Crippen LogP contribution is -2.22. The van der Waals surface area contributed by atoms with Crippen LogP contribution in [0.2, 0.25) is 0 Å². The third kappa shape index (κ3) is 6.52. The fraction of sp³-hybridized carbons (Fsp3) is 0.389. The van der Waals surface area contributed by atoms with E-state index in [4.69, 9.17) is 4.74 Å². The largest absolute Gasteiger partial charge is 0.451 e. The van der Waals surface area contributed by atoms with Crippen molar-refractivity contribution >= 4 is 34.0 Å². The zero-order chi connectivity index (χ0) is 20.7. The van der Waals surface area contributed by atoms with Crippen LogP contribution in [0.3, 0.4) is 0 Å². The second-order valence-electron chi connectivity index (χ2n) is 6.31. The molecule has 10 heteroatoms. The van der Waals surface area contributed by atoms with E-state index in [0.29, 0.717) is 17.6 Å². The van der Waals surface area contributed by atoms with E-state index >= 15 is 0 Å². The van der Waals surface area contributed by atoms with Crippen molar-refractivity contribution in [3.63, 3.8) is 0 Å². The molecule has 6 nitrogen and oxygen atoms in total. The number of carbonyl (C=O) groups excluding carboxylic acids is 2. The molecule has 0 unspecified atom stereocenters. The van der Waals surface area contributed by atoms with Gasteiger partial charge in [0.2, 0.25) is 0 Å². The summed E-state index contributed by atoms with van der Waals surface area (Å²) in [5, 5.41) is 7.22. The minimum atomic E-state index is -4.61. The van der Waals surface area contributed by atoms with E-state index in [9.17, 15) is 22.8 Å². The highest BCUT2D eigenvalue weighted by atomic mass is 32.1. The van der Waals surface area contributed by atoms with Gasteiger partial charge in [0, 0.05) is 11.9 Å². The maximum absolute atomic E-state index is 12.9. The summed E-state index contributed by atoms with van der Waals surface area (Å²) in [6.07, 6.45) is -3.67. The fourth-order valence-electron chi connectivity index (χ4n) is 2.15. The van der Waals surface area contributed by atoms with Gasteiger partial charge in [0.05, 0.1) is 11.3 Å². The lowest BCUT2D eigenvalue weighted by Gasteiger charge is -2.13. The lowest BCUT2D eigenvalue weighted by atomic mass is 10.1. The first-order valence-corrected chi connectivity index (χ1v) is 9.37. The highest BCUT2D eigenvalue weighted by molar-refractivity contribution is 7.13. The third-order valence-electron chi connectivity index (χ3n) is 3.55. The van der Waals surface area contributed by atoms with E-state index in [-0.39, 0.29) is 5.69 Å². The first-order chi connectivity index (χ1) is 13.2. The van der Waals surface area contributed by atoms with Gasteiger partial charge in [-0.2, -0.15) is 13.2 Å². The molecule has 2 aromatic rings. The molecule has 0 bridgehead atoms. The van der Waals surface area contributed by atoms with Crippen LogP contribution in [0.15, 0.2) is 29.6 Å². The molecule has 28 heavy (non-hydrogen) atoms. The first-order valence-electron chi connectivity index (χ1n) is 8.49. The van der Waals surface area contributed by atoms with Gasteiger partial charge in [-0.1, -0.05) is 26.0 Å². The lowest BCUT2D eigenvalue weighted by molar-refractivity contribution is -0.137. The van der Waals surface area contributed by atoms with Crippen LogP contribution in [0, 0.1) is 5.92 Å². The average molecular weight is 415 g/mol. The summed E-state index contributed by atoms with van der Waals surface area (Å²) in [6.45, 7) is 4.16. The van der Waals surface area contributed by atoms with Gasteiger partial charge in [-0.05, 0) is 24.5 Å². The number of nitrogens with zero attached hydrogens (tertiary/aromatic N) is 1. The minimum Gasteiger partial charge on any atom is -0.451 e. The number of hydrogen-bond donors (Lipinski definition) is 2. The monoisotopic (exact) mass is 415 g/mol. The van der Waals surface area contributed by atoms with Crippen molar-refractivity contribution in [1.82, 2.24) is 4.98 Å². The Morgan fingerprint density at radius 1 is 1.25 bits per heavy atom. The van der Waals surface area contributed by atoms with Crippen LogP contribution in [-0.4, -0.2) is 30.0 Å². The number of esters is 1. The number of thiazole rings is 1. The number of ether oxygens (including phenoxy) is 1. The first kappa shape index (κ1) is 21.7. The van der Waals surface area contributed by atoms with Gasteiger partial charge >= 0.3 is 12.1 Å². The van der Waals surface area contributed by atoms with Crippen LogP contribution in [0.5, 0.6) is 0 Å². The maximum Gasteiger partial charge on any atom is 0.418 e. The SMILES string of the molecule is CC(C)CCNc1nc(C(=O)OCC(=O)Nc2ccccc2C(F)(F)F)cs1. The van der Waals surface area contributed by atoms with E-state index in [2.05, 4.69) is 29.5 Å². The smallest absolute Gasteiger partial charge is 0.418 e. The normalized spacial score (nSPS) is 11.4. The van der Waals surface area contributed by atoms with Gasteiger partial charge in [0.25, 0.3) is 5.91 Å². The van der Waals surface area contributed by atoms with Crippen molar-refractivity contribution in [1.29, 1.82) is 0 Å². The molecule has 0 fully saturated rings. The Balaban J connectivity index is 1.87. The number of anilines is 2. The van der Waals surface area contributed by atoms with E-state index in [0.717, 1.165) is 18.6 Å². The Hall–Kier alpha value is -2.62. The second-order valence-corrected chi connectivity index (χ2v) is 7.17. The maximum atomic E-state index is 12.9. The van der Waals surface area contributed by atoms with Crippen LogP contribution >= 0.6 is 11.3 Å². The summed E-state index contributed by atoms with van der Waals surface area (Å²) in [4.78, 5) is 27.9. The van der Waals surface area contributed by atoms with Crippen molar-refractivity contribution in [2.24, 2.45) is 5.92 Å². The molecule has 0 radical (unpaired) electrons. The summed E-state index contributed by atoms with van der Waals surface area (Å²) in [5.74, 6) is -1.18. The number of halogens is 3. The molecule has 1 amide bonds. The van der Waals surface area contributed by atoms with Crippen LogP contribution in [0.1, 0.15) is 36.3 Å². The van der Waals surface area contributed by atoms with Crippen LogP contribution in [0.4, 0.5) is 24.0 Å². The molecule has 0 spiro atoms. The Bertz CT molecular complexity index is 822. The standard InChI is InChI=1S/C18H20F3N3O3S/c1-11(2)7-8-22-17-24-14(10-28-17)16(26)27-9-15(25)23-13-6-4-3-5-12(13)18(19,20)21/h3-6,10-11H,7-9H2,1-2H3,(H,22,24)(H,23,25). The number of alkyl halides is 3. The van der Waals surface area contributed by atoms with Crippen molar-refractivity contribution < 1.29 is 27.5 Å². The molecule has 1 aromatic heterocycles. The molecule has 0 aliphatic heterocycles. The molecular formula is C18H20F3N3O3S. The van der Waals surface area contributed by atoms with Crippen molar-refractivity contribution in [3.8, 4) is 0 Å². The summed E-state index contributed by atoms with van der Waals surface area (Å²) >= 11 is 1.22. The molecule has 1 heterocycles. The Labute approximate surface area is 164 Å². The Morgan fingerprint density at radius 3 is 2.64 bits per heavy atom. The van der Waals surface area contributed by atoms with Gasteiger partial charge in [0.15, 0.2) is 17.4 Å². The number of amides is 1. The van der Waals surface area contributed by atoms with E-state index in [1.165, 1.54) is 28.8 Å². The van der Waals surface area contributed by atoms with Crippen molar-refractivity contribution in [3.05, 3.63) is 40.9 Å². The highest BCUT2D eigenvalue weighted by Gasteiger charge is 2.33. The van der Waals surface area contributed by atoms with Crippen LogP contribution < -0.4 is 10.6 Å². The predicted molar refractivity (Wildman–Crippen MR) is 100 cm³/mol. The van der Waals surface area contributed by atoms with Gasteiger partial charge in [0.1, 0.15) is 0 Å². The Morgan fingerprint density at radius 2 is 1.96 bits per heavy atom. The molecule has 0 aliphatic rings. The number of benzene rings is 1. The number of rotatable bonds is 8. The molecular weight excluding hydrogens is 395 g/mol. The van der Waals surface area contributed by atoms with E-state index in [1.807, 2.05) is 0 Å². The molecule has 0 atom stereocenters. The number of nitrogens with one attached hydrogen (secondary N) is 2. The molecule has 2 N–H and O–H groups in total. The average Bonchev–Trinajstić information content (AvgIpc) is 3.08. The Kier molecular flexibility index (Phi) is 7.38. The minimum absolute atomic E-state index is 0.0283. The number of para-hydroxylation sites is 1. The predicted octanol–water partition coefficient (Wildman–Crippen LogP) is 4.42. The third-order valence-corrected chi connectivity index (χ3v) is 4.35. The molecule has 0 aliphatic carbocycles. The molecule has 0 saturated carbocycles. The van der Waals surface area contributed by atoms with E-state index in [1.54, 1.807) is 0 Å². The molecule has 1 aromatic carbocycles. The van der Waals surface area contributed by atoms with Crippen molar-refractivity contribution in [2.75, 3.05) is 23.8 Å². The zero-order valence-corrected chi connectivity index (χ0v) is 16.1. The van der Waals surface area contributed by atoms with Gasteiger partial charge in [-0.3, -0.25) is 4.79 Å². The quantitative estimate of drug-likeness (QED) is 0.624. The van der Waals surface area contributed by atoms with Gasteiger partial charge < -0.3 is 15.4 Å². The van der Waals surface area contributed by atoms with E-state index < -0.39 is 35.9 Å². The fourth-order valence-corrected chi connectivity index (χ4v) is 2.86. The summed E-state index contributed by atoms with van der Waals surface area (Å²) in [7, 11) is 0. The molecule has 0 saturated heterocycles. The summed E-state index contributed by atoms with van der Waals surface area (Å²) < 4.78 is 43.6. The molecule has 152 valence electrons. The topological polar surface area (TPSA) is 80.3 Å². The zero-order valence-electron chi connectivity index (χ0n) is 15.3. The van der Waals surface area contributed by atoms with Gasteiger partial charge in [-0.15, -0.1) is 11.3 Å². The summed E-state index contributed by atoms with van der Waals surface area (Å²) in [6, 6.07) is 4.55. The summed E-state index contributed by atoms with van der Waals surface area (Å²) in [5.41, 5.74) is -1.35. The second kappa shape index (κ2) is 9.54. The van der Waals surface area contributed by atoms with Crippen LogP contribution in [-0.2, 0) is 15.7 Å². The van der Waals surface area contributed by atoms with Crippen molar-refractivity contribution in [2.45, 2.75) is 26.4 Å². The number of carbonyl (C=O) groups is 2. The van der Waals surface area contributed by atoms with Crippen LogP contribution in [0.25, 0.3) is 0 Å². The molecule has 2 rings (SSSR count). The highest BCUT2D eigenvalue weighted by Crippen LogP contribution is 2.34. The number of hydrogen-bond acceptors (Lipinski definition) is 6.